The summed E-state index contributed by atoms with van der Waals surface area (Å²) < 4.78 is 26.2. The van der Waals surface area contributed by atoms with Crippen LogP contribution in [0.5, 0.6) is 0 Å². The maximum Gasteiger partial charge on any atom is 0.256 e. The number of anilines is 1. The zero-order valence-electron chi connectivity index (χ0n) is 14.2. The Bertz CT molecular complexity index is 1110. The van der Waals surface area contributed by atoms with Crippen LogP contribution in [0.15, 0.2) is 64.1 Å². The second-order valence-electron chi connectivity index (χ2n) is 5.84. The van der Waals surface area contributed by atoms with Crippen molar-refractivity contribution in [1.82, 2.24) is 9.78 Å². The van der Waals surface area contributed by atoms with Crippen molar-refractivity contribution in [1.29, 1.82) is 0 Å². The van der Waals surface area contributed by atoms with E-state index < -0.39 is 15.7 Å². The fourth-order valence-corrected chi connectivity index (χ4v) is 4.18. The lowest BCUT2D eigenvalue weighted by molar-refractivity contribution is 0.102. The number of nitrogens with zero attached hydrogens (tertiary/aromatic N) is 2. The molecule has 0 aliphatic heterocycles. The van der Waals surface area contributed by atoms with E-state index in [1.54, 1.807) is 16.9 Å². The topological polar surface area (TPSA) is 81.1 Å². The van der Waals surface area contributed by atoms with E-state index in [0.29, 0.717) is 12.4 Å². The number of carbonyl (C=O) groups excluding carboxylic acids is 1. The van der Waals surface area contributed by atoms with Crippen LogP contribution in [0.25, 0.3) is 0 Å². The van der Waals surface area contributed by atoms with Crippen LogP contribution >= 0.6 is 27.5 Å². The highest BCUT2D eigenvalue weighted by atomic mass is 79.9. The van der Waals surface area contributed by atoms with Crippen molar-refractivity contribution >= 4 is 49.1 Å². The molecule has 9 heteroatoms. The van der Waals surface area contributed by atoms with Crippen LogP contribution in [0.3, 0.4) is 0 Å². The first-order valence-electron chi connectivity index (χ1n) is 7.82. The number of amides is 1. The second-order valence-corrected chi connectivity index (χ2v) is 9.08. The van der Waals surface area contributed by atoms with Crippen LogP contribution in [-0.2, 0) is 16.4 Å². The van der Waals surface area contributed by atoms with E-state index in [-0.39, 0.29) is 15.5 Å². The van der Waals surface area contributed by atoms with E-state index >= 15 is 0 Å². The molecule has 3 aromatic rings. The molecule has 1 aromatic heterocycles. The van der Waals surface area contributed by atoms with Gasteiger partial charge in [0, 0.05) is 22.4 Å². The molecule has 0 unspecified atom stereocenters. The number of nitrogens with one attached hydrogen (secondary N) is 1. The Balaban J connectivity index is 1.84. The summed E-state index contributed by atoms with van der Waals surface area (Å²) in [5.41, 5.74) is 1.19. The van der Waals surface area contributed by atoms with Gasteiger partial charge >= 0.3 is 0 Å². The molecule has 140 valence electrons. The molecule has 0 aliphatic carbocycles. The summed E-state index contributed by atoms with van der Waals surface area (Å²) in [5, 5.41) is 7.06. The van der Waals surface area contributed by atoms with Gasteiger partial charge in [-0.3, -0.25) is 4.79 Å². The number of rotatable bonds is 5. The predicted molar refractivity (Wildman–Crippen MR) is 108 cm³/mol. The van der Waals surface area contributed by atoms with E-state index in [9.17, 15) is 13.2 Å². The van der Waals surface area contributed by atoms with Crippen molar-refractivity contribution < 1.29 is 13.2 Å². The van der Waals surface area contributed by atoms with Gasteiger partial charge in [0.25, 0.3) is 5.91 Å². The van der Waals surface area contributed by atoms with Crippen molar-refractivity contribution in [2.45, 2.75) is 11.4 Å². The van der Waals surface area contributed by atoms with E-state index in [1.807, 2.05) is 24.3 Å². The highest BCUT2D eigenvalue weighted by Crippen LogP contribution is 2.23. The zero-order chi connectivity index (χ0) is 19.6. The van der Waals surface area contributed by atoms with Gasteiger partial charge in [0.2, 0.25) is 0 Å². The lowest BCUT2D eigenvalue weighted by atomic mass is 10.2. The van der Waals surface area contributed by atoms with E-state index in [4.69, 9.17) is 11.6 Å². The first kappa shape index (κ1) is 19.6. The van der Waals surface area contributed by atoms with Crippen LogP contribution < -0.4 is 5.32 Å². The van der Waals surface area contributed by atoms with Gasteiger partial charge < -0.3 is 5.32 Å². The van der Waals surface area contributed by atoms with Gasteiger partial charge in [0.1, 0.15) is 5.82 Å². The van der Waals surface area contributed by atoms with Crippen molar-refractivity contribution in [3.05, 3.63) is 75.4 Å². The van der Waals surface area contributed by atoms with Crippen molar-refractivity contribution in [3.8, 4) is 0 Å². The number of benzene rings is 2. The molecule has 0 aliphatic rings. The maximum atomic E-state index is 12.6. The van der Waals surface area contributed by atoms with Crippen molar-refractivity contribution in [2.24, 2.45) is 0 Å². The average Bonchev–Trinajstić information content (AvgIpc) is 3.03. The Morgan fingerprint density at radius 3 is 2.67 bits per heavy atom. The van der Waals surface area contributed by atoms with Gasteiger partial charge in [0.15, 0.2) is 9.84 Å². The van der Waals surface area contributed by atoms with Crippen molar-refractivity contribution in [3.63, 3.8) is 0 Å². The number of halogens is 2. The van der Waals surface area contributed by atoms with Crippen LogP contribution in [-0.4, -0.2) is 30.4 Å². The Morgan fingerprint density at radius 2 is 1.96 bits per heavy atom. The summed E-state index contributed by atoms with van der Waals surface area (Å²) in [4.78, 5) is 12.5. The average molecular weight is 469 g/mol. The van der Waals surface area contributed by atoms with Crippen LogP contribution in [0.1, 0.15) is 15.9 Å². The summed E-state index contributed by atoms with van der Waals surface area (Å²) in [6.45, 7) is 0.458. The summed E-state index contributed by atoms with van der Waals surface area (Å²) in [5.74, 6) is 0.0389. The predicted octanol–water partition coefficient (Wildman–Crippen LogP) is 4.00. The quantitative estimate of drug-likeness (QED) is 0.613. The van der Waals surface area contributed by atoms with E-state index in [1.165, 1.54) is 18.2 Å². The third-order valence-electron chi connectivity index (χ3n) is 3.83. The normalized spacial score (nSPS) is 11.4. The fraction of sp³-hybridized carbons (Fsp3) is 0.111. The SMILES string of the molecule is CS(=O)(=O)c1cc(C(=O)Nc2ccnn2Cc2ccccc2Br)ccc1Cl. The first-order valence-corrected chi connectivity index (χ1v) is 10.9. The minimum atomic E-state index is -3.54. The van der Waals surface area contributed by atoms with E-state index in [0.717, 1.165) is 16.3 Å². The molecule has 0 saturated heterocycles. The van der Waals surface area contributed by atoms with Gasteiger partial charge in [-0.25, -0.2) is 13.1 Å². The number of hydrogen-bond acceptors (Lipinski definition) is 4. The first-order chi connectivity index (χ1) is 12.8. The Morgan fingerprint density at radius 1 is 1.22 bits per heavy atom. The van der Waals surface area contributed by atoms with Crippen LogP contribution in [0.2, 0.25) is 5.02 Å². The number of hydrogen-bond donors (Lipinski definition) is 1. The van der Waals surface area contributed by atoms with E-state index in [2.05, 4.69) is 26.3 Å². The van der Waals surface area contributed by atoms with Gasteiger partial charge in [-0.2, -0.15) is 5.10 Å². The molecule has 0 radical (unpaired) electrons. The summed E-state index contributed by atoms with van der Waals surface area (Å²) >= 11 is 9.42. The molecule has 1 N–H and O–H groups in total. The molecular weight excluding hydrogens is 454 g/mol. The summed E-state index contributed by atoms with van der Waals surface area (Å²) in [7, 11) is -3.54. The minimum Gasteiger partial charge on any atom is -0.307 e. The van der Waals surface area contributed by atoms with Crippen molar-refractivity contribution in [2.75, 3.05) is 11.6 Å². The van der Waals surface area contributed by atoms with Gasteiger partial charge in [-0.15, -0.1) is 0 Å². The minimum absolute atomic E-state index is 0.0769. The molecular formula is C18H15BrClN3O3S. The second kappa shape index (κ2) is 7.84. The molecule has 6 nitrogen and oxygen atoms in total. The molecule has 0 saturated carbocycles. The fourth-order valence-electron chi connectivity index (χ4n) is 2.47. The van der Waals surface area contributed by atoms with Gasteiger partial charge in [-0.05, 0) is 29.8 Å². The Kier molecular flexibility index (Phi) is 5.69. The molecule has 0 fully saturated rings. The molecule has 0 bridgehead atoms. The molecule has 2 aromatic carbocycles. The molecule has 27 heavy (non-hydrogen) atoms. The lowest BCUT2D eigenvalue weighted by Gasteiger charge is -2.11. The lowest BCUT2D eigenvalue weighted by Crippen LogP contribution is -2.17. The molecule has 3 rings (SSSR count). The zero-order valence-corrected chi connectivity index (χ0v) is 17.3. The highest BCUT2D eigenvalue weighted by Gasteiger charge is 2.17. The smallest absolute Gasteiger partial charge is 0.256 e. The van der Waals surface area contributed by atoms with Crippen LogP contribution in [0, 0.1) is 0 Å². The standard InChI is InChI=1S/C18H15BrClN3O3S/c1-27(25,26)16-10-12(6-7-15(16)20)18(24)22-17-8-9-21-23(17)11-13-4-2-3-5-14(13)19/h2-10H,11H2,1H3,(H,22,24). The summed E-state index contributed by atoms with van der Waals surface area (Å²) in [6, 6.07) is 13.5. The Hall–Kier alpha value is -2.16. The van der Waals surface area contributed by atoms with Gasteiger partial charge in [0.05, 0.1) is 22.7 Å². The molecule has 0 spiro atoms. The third-order valence-corrected chi connectivity index (χ3v) is 6.18. The number of aromatic nitrogens is 2. The molecule has 0 atom stereocenters. The third kappa shape index (κ3) is 4.58. The molecule has 1 heterocycles. The largest absolute Gasteiger partial charge is 0.307 e. The number of carbonyl (C=O) groups is 1. The highest BCUT2D eigenvalue weighted by molar-refractivity contribution is 9.10. The number of sulfone groups is 1. The molecule has 1 amide bonds. The maximum absolute atomic E-state index is 12.6. The van der Waals surface area contributed by atoms with Crippen LogP contribution in [0.4, 0.5) is 5.82 Å². The Labute approximate surface area is 170 Å². The monoisotopic (exact) mass is 467 g/mol. The summed E-state index contributed by atoms with van der Waals surface area (Å²) in [6.07, 6.45) is 2.62. The van der Waals surface area contributed by atoms with Gasteiger partial charge in [-0.1, -0.05) is 45.7 Å².